The van der Waals surface area contributed by atoms with E-state index in [-0.39, 0.29) is 42.5 Å². The van der Waals surface area contributed by atoms with Gasteiger partial charge in [0.05, 0.1) is 18.6 Å². The fourth-order valence-corrected chi connectivity index (χ4v) is 5.33. The van der Waals surface area contributed by atoms with Crippen molar-refractivity contribution in [3.63, 3.8) is 0 Å². The summed E-state index contributed by atoms with van der Waals surface area (Å²) in [7, 11) is 1.61. The summed E-state index contributed by atoms with van der Waals surface area (Å²) in [5.41, 5.74) is 3.19. The molecule has 0 radical (unpaired) electrons. The number of benzene rings is 3. The normalized spacial score (nSPS) is 18.8. The van der Waals surface area contributed by atoms with Crippen molar-refractivity contribution in [1.82, 2.24) is 5.32 Å². The van der Waals surface area contributed by atoms with Crippen LogP contribution in [0.4, 0.5) is 4.39 Å². The van der Waals surface area contributed by atoms with Gasteiger partial charge in [0, 0.05) is 29.0 Å². The summed E-state index contributed by atoms with van der Waals surface area (Å²) in [6.07, 6.45) is 0.813. The lowest BCUT2D eigenvalue weighted by molar-refractivity contribution is -0.140. The summed E-state index contributed by atoms with van der Waals surface area (Å²) in [6.45, 7) is 1.93. The average molecular weight is 528 g/mol. The molecule has 0 saturated carbocycles. The molecule has 6 nitrogen and oxygen atoms in total. The Morgan fingerprint density at radius 2 is 1.64 bits per heavy atom. The van der Waals surface area contributed by atoms with Crippen molar-refractivity contribution >= 4 is 11.8 Å². The molecule has 5 rings (SSSR count). The maximum Gasteiger partial charge on any atom is 0.336 e. The van der Waals surface area contributed by atoms with E-state index in [1.54, 1.807) is 32.2 Å². The number of para-hydroxylation sites is 1. The van der Waals surface area contributed by atoms with Crippen LogP contribution in [-0.2, 0) is 14.3 Å². The van der Waals surface area contributed by atoms with Crippen LogP contribution in [0.3, 0.4) is 0 Å². The second-order valence-electron chi connectivity index (χ2n) is 9.61. The minimum Gasteiger partial charge on any atom is -0.497 e. The van der Waals surface area contributed by atoms with E-state index >= 15 is 4.39 Å². The molecular formula is C32H30FNO5. The Hall–Kier alpha value is -4.39. The first kappa shape index (κ1) is 26.2. The molecule has 0 bridgehead atoms. The Morgan fingerprint density at radius 1 is 0.923 bits per heavy atom. The summed E-state index contributed by atoms with van der Waals surface area (Å²) < 4.78 is 31.6. The second kappa shape index (κ2) is 11.6. The molecule has 1 aliphatic heterocycles. The predicted octanol–water partition coefficient (Wildman–Crippen LogP) is 5.82. The van der Waals surface area contributed by atoms with Gasteiger partial charge in [-0.1, -0.05) is 48.5 Å². The molecule has 39 heavy (non-hydrogen) atoms. The van der Waals surface area contributed by atoms with Gasteiger partial charge in [0.25, 0.3) is 0 Å². The maximum atomic E-state index is 15.2. The number of allylic oxidation sites excluding steroid dienone is 3. The van der Waals surface area contributed by atoms with Crippen LogP contribution in [0.25, 0.3) is 0 Å². The molecule has 0 aromatic heterocycles. The van der Waals surface area contributed by atoms with Crippen LogP contribution in [0, 0.1) is 5.82 Å². The van der Waals surface area contributed by atoms with Crippen LogP contribution in [0.1, 0.15) is 42.7 Å². The van der Waals surface area contributed by atoms with Gasteiger partial charge in [0.15, 0.2) is 5.78 Å². The molecule has 200 valence electrons. The SMILES string of the molecule is COc1ccc(C2CC(=O)C3=C(C2)NC(C)=C(C(=O)OCCOc2ccccc2)C3c2ccccc2F)cc1. The van der Waals surface area contributed by atoms with Crippen molar-refractivity contribution in [3.8, 4) is 11.5 Å². The summed E-state index contributed by atoms with van der Waals surface area (Å²) >= 11 is 0. The molecule has 0 saturated heterocycles. The fraction of sp³-hybridized carbons (Fsp3) is 0.250. The molecule has 7 heteroatoms. The first-order valence-electron chi connectivity index (χ1n) is 12.9. The van der Waals surface area contributed by atoms with Crippen LogP contribution < -0.4 is 14.8 Å². The van der Waals surface area contributed by atoms with Crippen molar-refractivity contribution < 1.29 is 28.2 Å². The third kappa shape index (κ3) is 5.58. The van der Waals surface area contributed by atoms with Gasteiger partial charge in [-0.25, -0.2) is 9.18 Å². The number of dihydropyridines is 1. The number of Topliss-reactive ketones (excluding diaryl/α,β-unsaturated/α-hetero) is 1. The first-order chi connectivity index (χ1) is 19.0. The Kier molecular flexibility index (Phi) is 7.77. The van der Waals surface area contributed by atoms with Crippen LogP contribution in [0.5, 0.6) is 11.5 Å². The quantitative estimate of drug-likeness (QED) is 0.294. The summed E-state index contributed by atoms with van der Waals surface area (Å²) in [4.78, 5) is 27.1. The number of hydrogen-bond donors (Lipinski definition) is 1. The summed E-state index contributed by atoms with van der Waals surface area (Å²) in [6, 6.07) is 23.2. The highest BCUT2D eigenvalue weighted by molar-refractivity contribution is 6.04. The van der Waals surface area contributed by atoms with Crippen LogP contribution in [0.2, 0.25) is 0 Å². The van der Waals surface area contributed by atoms with E-state index in [1.807, 2.05) is 54.6 Å². The zero-order valence-corrected chi connectivity index (χ0v) is 21.9. The number of carbonyl (C=O) groups excluding carboxylic acids is 2. The number of rotatable bonds is 8. The van der Waals surface area contributed by atoms with E-state index in [9.17, 15) is 9.59 Å². The molecule has 1 N–H and O–H groups in total. The van der Waals surface area contributed by atoms with Crippen molar-refractivity contribution in [2.75, 3.05) is 20.3 Å². The van der Waals surface area contributed by atoms with Gasteiger partial charge >= 0.3 is 5.97 Å². The molecular weight excluding hydrogens is 497 g/mol. The highest BCUT2D eigenvalue weighted by Gasteiger charge is 2.42. The van der Waals surface area contributed by atoms with E-state index in [0.717, 1.165) is 11.3 Å². The first-order valence-corrected chi connectivity index (χ1v) is 12.9. The molecule has 3 aromatic carbocycles. The molecule has 2 unspecified atom stereocenters. The van der Waals surface area contributed by atoms with Gasteiger partial charge < -0.3 is 19.5 Å². The zero-order chi connectivity index (χ0) is 27.4. The van der Waals surface area contributed by atoms with Crippen LogP contribution >= 0.6 is 0 Å². The van der Waals surface area contributed by atoms with E-state index in [2.05, 4.69) is 5.32 Å². The van der Waals surface area contributed by atoms with E-state index in [1.165, 1.54) is 6.07 Å². The Morgan fingerprint density at radius 3 is 2.36 bits per heavy atom. The van der Waals surface area contributed by atoms with Gasteiger partial charge in [0.2, 0.25) is 0 Å². The number of halogens is 1. The lowest BCUT2D eigenvalue weighted by Gasteiger charge is -2.36. The average Bonchev–Trinajstić information content (AvgIpc) is 2.95. The molecule has 0 spiro atoms. The van der Waals surface area contributed by atoms with E-state index in [4.69, 9.17) is 14.2 Å². The van der Waals surface area contributed by atoms with E-state index < -0.39 is 17.7 Å². The van der Waals surface area contributed by atoms with Crippen LogP contribution in [-0.4, -0.2) is 32.1 Å². The number of carbonyl (C=O) groups is 2. The minimum absolute atomic E-state index is 0.00783. The van der Waals surface area contributed by atoms with Gasteiger partial charge in [-0.2, -0.15) is 0 Å². The largest absolute Gasteiger partial charge is 0.497 e. The highest BCUT2D eigenvalue weighted by atomic mass is 19.1. The maximum absolute atomic E-state index is 15.2. The van der Waals surface area contributed by atoms with Crippen molar-refractivity contribution in [1.29, 1.82) is 0 Å². The highest BCUT2D eigenvalue weighted by Crippen LogP contribution is 2.46. The zero-order valence-electron chi connectivity index (χ0n) is 21.9. The molecule has 3 aromatic rings. The predicted molar refractivity (Wildman–Crippen MR) is 145 cm³/mol. The minimum atomic E-state index is -0.866. The molecule has 0 fully saturated rings. The molecule has 1 heterocycles. The lowest BCUT2D eigenvalue weighted by Crippen LogP contribution is -2.36. The molecule has 2 aliphatic rings. The third-order valence-corrected chi connectivity index (χ3v) is 7.18. The van der Waals surface area contributed by atoms with E-state index in [0.29, 0.717) is 29.1 Å². The van der Waals surface area contributed by atoms with Crippen LogP contribution in [0.15, 0.2) is 101 Å². The molecule has 0 amide bonds. The Bertz CT molecular complexity index is 1430. The summed E-state index contributed by atoms with van der Waals surface area (Å²) in [5.74, 6) is -0.716. The third-order valence-electron chi connectivity index (χ3n) is 7.18. The van der Waals surface area contributed by atoms with Gasteiger partial charge in [-0.15, -0.1) is 0 Å². The summed E-state index contributed by atoms with van der Waals surface area (Å²) in [5, 5.41) is 3.30. The molecule has 2 atom stereocenters. The smallest absolute Gasteiger partial charge is 0.336 e. The van der Waals surface area contributed by atoms with Gasteiger partial charge in [-0.3, -0.25) is 4.79 Å². The van der Waals surface area contributed by atoms with Crippen molar-refractivity contribution in [3.05, 3.63) is 118 Å². The number of ether oxygens (including phenoxy) is 3. The number of hydrogen-bond acceptors (Lipinski definition) is 6. The topological polar surface area (TPSA) is 73.9 Å². The standard InChI is InChI=1S/C32H30FNO5/c1-20-29(32(36)39-17-16-38-24-8-4-3-5-9-24)30(25-10-6-7-11-26(25)33)31-27(34-20)18-22(19-28(31)35)21-12-14-23(37-2)15-13-21/h3-15,22,30,34H,16-19H2,1-2H3. The molecule has 1 aliphatic carbocycles. The number of esters is 1. The Balaban J connectivity index is 1.41. The van der Waals surface area contributed by atoms with Crippen molar-refractivity contribution in [2.24, 2.45) is 0 Å². The monoisotopic (exact) mass is 527 g/mol. The van der Waals surface area contributed by atoms with Crippen molar-refractivity contribution in [2.45, 2.75) is 31.6 Å². The Labute approximate surface area is 227 Å². The van der Waals surface area contributed by atoms with Gasteiger partial charge in [-0.05, 0) is 55.2 Å². The van der Waals surface area contributed by atoms with Gasteiger partial charge in [0.1, 0.15) is 30.5 Å². The fourth-order valence-electron chi connectivity index (χ4n) is 5.33. The number of nitrogens with one attached hydrogen (secondary N) is 1. The number of ketones is 1. The second-order valence-corrected chi connectivity index (χ2v) is 9.61. The lowest BCUT2D eigenvalue weighted by atomic mass is 9.71. The number of methoxy groups -OCH3 is 1.